The highest BCUT2D eigenvalue weighted by Gasteiger charge is 2.49. The lowest BCUT2D eigenvalue weighted by molar-refractivity contribution is -0.130. The second-order valence-electron chi connectivity index (χ2n) is 3.80. The molecule has 1 aromatic carbocycles. The zero-order valence-electron chi connectivity index (χ0n) is 9.08. The maximum absolute atomic E-state index is 13.1. The van der Waals surface area contributed by atoms with Gasteiger partial charge >= 0.3 is 12.3 Å². The summed E-state index contributed by atoms with van der Waals surface area (Å²) in [7, 11) is 0. The fourth-order valence-electron chi connectivity index (χ4n) is 1.32. The summed E-state index contributed by atoms with van der Waals surface area (Å²) in [5.74, 6) is -4.31. The van der Waals surface area contributed by atoms with E-state index in [0.29, 0.717) is 5.56 Å². The number of halogens is 6. The quantitative estimate of drug-likeness (QED) is 0.534. The topological polar surface area (TPSA) is 0 Å². The van der Waals surface area contributed by atoms with Gasteiger partial charge in [-0.25, -0.2) is 8.78 Å². The van der Waals surface area contributed by atoms with Crippen LogP contribution in [0.3, 0.4) is 0 Å². The summed E-state index contributed by atoms with van der Waals surface area (Å²) in [5, 5.41) is -2.18. The van der Waals surface area contributed by atoms with E-state index in [0.717, 1.165) is 5.56 Å². The SMILES string of the molecule is Cc1cc(Cl)c(C(Cl)C(F)(F)C(F)F)cc1C. The van der Waals surface area contributed by atoms with Gasteiger partial charge < -0.3 is 0 Å². The average Bonchev–Trinajstić information content (AvgIpc) is 2.22. The predicted molar refractivity (Wildman–Crippen MR) is 60.5 cm³/mol. The Morgan fingerprint density at radius 3 is 2.06 bits per heavy atom. The summed E-state index contributed by atoms with van der Waals surface area (Å²) in [4.78, 5) is 0. The minimum Gasteiger partial charge on any atom is -0.204 e. The van der Waals surface area contributed by atoms with Crippen molar-refractivity contribution in [2.45, 2.75) is 31.6 Å². The maximum atomic E-state index is 13.1. The second kappa shape index (κ2) is 5.02. The molecule has 0 aliphatic carbocycles. The third kappa shape index (κ3) is 2.86. The smallest absolute Gasteiger partial charge is 0.204 e. The molecule has 1 atom stereocenters. The van der Waals surface area contributed by atoms with Gasteiger partial charge in [-0.05, 0) is 36.6 Å². The fraction of sp³-hybridized carbons (Fsp3) is 0.455. The van der Waals surface area contributed by atoms with E-state index in [1.54, 1.807) is 13.8 Å². The van der Waals surface area contributed by atoms with E-state index in [-0.39, 0.29) is 10.6 Å². The van der Waals surface area contributed by atoms with E-state index in [1.807, 2.05) is 0 Å². The zero-order valence-corrected chi connectivity index (χ0v) is 10.6. The van der Waals surface area contributed by atoms with Crippen molar-refractivity contribution in [2.75, 3.05) is 0 Å². The summed E-state index contributed by atoms with van der Waals surface area (Å²) >= 11 is 11.2. The van der Waals surface area contributed by atoms with Gasteiger partial charge in [0.25, 0.3) is 0 Å². The van der Waals surface area contributed by atoms with Crippen LogP contribution in [-0.4, -0.2) is 12.3 Å². The molecule has 0 bridgehead atoms. The van der Waals surface area contributed by atoms with Gasteiger partial charge in [0.15, 0.2) is 0 Å². The molecule has 0 heterocycles. The van der Waals surface area contributed by atoms with Crippen LogP contribution in [-0.2, 0) is 0 Å². The number of aryl methyl sites for hydroxylation is 2. The van der Waals surface area contributed by atoms with Crippen LogP contribution in [0.15, 0.2) is 12.1 Å². The molecule has 1 unspecified atom stereocenters. The molecular weight excluding hydrogens is 279 g/mol. The number of hydrogen-bond acceptors (Lipinski definition) is 0. The Hall–Kier alpha value is -0.480. The molecule has 6 heteroatoms. The molecule has 0 amide bonds. The van der Waals surface area contributed by atoms with Gasteiger partial charge in [-0.3, -0.25) is 0 Å². The predicted octanol–water partition coefficient (Wildman–Crippen LogP) is 5.14. The van der Waals surface area contributed by atoms with Crippen molar-refractivity contribution < 1.29 is 17.6 Å². The number of benzene rings is 1. The normalized spacial score (nSPS) is 14.2. The standard InChI is InChI=1S/C11H10Cl2F4/c1-5-3-7(8(12)4-6(5)2)9(13)11(16,17)10(14)15/h3-4,9-10H,1-2H3. The van der Waals surface area contributed by atoms with Crippen LogP contribution in [0.2, 0.25) is 5.02 Å². The van der Waals surface area contributed by atoms with Crippen molar-refractivity contribution in [3.8, 4) is 0 Å². The molecule has 0 saturated heterocycles. The molecule has 1 rings (SSSR count). The molecule has 0 aliphatic heterocycles. The molecule has 0 saturated carbocycles. The van der Waals surface area contributed by atoms with Crippen LogP contribution >= 0.6 is 23.2 Å². The highest BCUT2D eigenvalue weighted by atomic mass is 35.5. The minimum atomic E-state index is -4.31. The maximum Gasteiger partial charge on any atom is 0.327 e. The van der Waals surface area contributed by atoms with Crippen molar-refractivity contribution >= 4 is 23.2 Å². The second-order valence-corrected chi connectivity index (χ2v) is 4.64. The van der Waals surface area contributed by atoms with Gasteiger partial charge in [0.1, 0.15) is 5.38 Å². The Morgan fingerprint density at radius 2 is 1.59 bits per heavy atom. The van der Waals surface area contributed by atoms with Crippen LogP contribution < -0.4 is 0 Å². The van der Waals surface area contributed by atoms with Crippen molar-refractivity contribution in [3.63, 3.8) is 0 Å². The van der Waals surface area contributed by atoms with Crippen molar-refractivity contribution in [2.24, 2.45) is 0 Å². The molecule has 0 nitrogen and oxygen atoms in total. The number of hydrogen-bond donors (Lipinski definition) is 0. The van der Waals surface area contributed by atoms with Crippen LogP contribution in [0.5, 0.6) is 0 Å². The largest absolute Gasteiger partial charge is 0.327 e. The summed E-state index contributed by atoms with van der Waals surface area (Å²) < 4.78 is 50.6. The summed E-state index contributed by atoms with van der Waals surface area (Å²) in [6.45, 7) is 3.40. The average molecular weight is 289 g/mol. The number of alkyl halides is 5. The van der Waals surface area contributed by atoms with Gasteiger partial charge in [0, 0.05) is 5.02 Å². The molecule has 17 heavy (non-hydrogen) atoms. The molecule has 1 aromatic rings. The molecule has 0 aromatic heterocycles. The van der Waals surface area contributed by atoms with Crippen LogP contribution in [0.1, 0.15) is 22.1 Å². The lowest BCUT2D eigenvalue weighted by Crippen LogP contribution is -2.31. The van der Waals surface area contributed by atoms with E-state index in [1.165, 1.54) is 12.1 Å². The lowest BCUT2D eigenvalue weighted by atomic mass is 10.0. The first-order chi connectivity index (χ1) is 7.67. The summed E-state index contributed by atoms with van der Waals surface area (Å²) in [6.07, 6.45) is -3.83. The Morgan fingerprint density at radius 1 is 1.12 bits per heavy atom. The molecular formula is C11H10Cl2F4. The third-order valence-corrected chi connectivity index (χ3v) is 3.37. The first-order valence-corrected chi connectivity index (χ1v) is 5.56. The Labute approximate surface area is 107 Å². The molecule has 0 fully saturated rings. The van der Waals surface area contributed by atoms with Gasteiger partial charge in [0.2, 0.25) is 0 Å². The van der Waals surface area contributed by atoms with Crippen LogP contribution in [0, 0.1) is 13.8 Å². The van der Waals surface area contributed by atoms with Gasteiger partial charge in [-0.2, -0.15) is 8.78 Å². The summed E-state index contributed by atoms with van der Waals surface area (Å²) in [6, 6.07) is 2.74. The van der Waals surface area contributed by atoms with Crippen molar-refractivity contribution in [3.05, 3.63) is 33.8 Å². The van der Waals surface area contributed by atoms with E-state index in [2.05, 4.69) is 0 Å². The van der Waals surface area contributed by atoms with E-state index >= 15 is 0 Å². The highest BCUT2D eigenvalue weighted by molar-refractivity contribution is 6.33. The third-order valence-electron chi connectivity index (χ3n) is 2.51. The fourth-order valence-corrected chi connectivity index (χ4v) is 1.97. The van der Waals surface area contributed by atoms with Gasteiger partial charge in [-0.15, -0.1) is 11.6 Å². The highest BCUT2D eigenvalue weighted by Crippen LogP contribution is 2.44. The van der Waals surface area contributed by atoms with Crippen molar-refractivity contribution in [1.29, 1.82) is 0 Å². The van der Waals surface area contributed by atoms with Gasteiger partial charge in [-0.1, -0.05) is 17.7 Å². The minimum absolute atomic E-state index is 0.0339. The molecule has 0 aliphatic rings. The number of rotatable bonds is 3. The van der Waals surface area contributed by atoms with Crippen molar-refractivity contribution in [1.82, 2.24) is 0 Å². The molecule has 0 radical (unpaired) electrons. The van der Waals surface area contributed by atoms with Gasteiger partial charge in [0.05, 0.1) is 0 Å². The molecule has 0 N–H and O–H groups in total. The molecule has 0 spiro atoms. The summed E-state index contributed by atoms with van der Waals surface area (Å²) in [5.41, 5.74) is 1.27. The zero-order chi connectivity index (χ0) is 13.4. The van der Waals surface area contributed by atoms with Crippen LogP contribution in [0.4, 0.5) is 17.6 Å². The van der Waals surface area contributed by atoms with Crippen LogP contribution in [0.25, 0.3) is 0 Å². The molecule has 96 valence electrons. The van der Waals surface area contributed by atoms with E-state index in [4.69, 9.17) is 23.2 Å². The first kappa shape index (κ1) is 14.6. The Bertz CT molecular complexity index is 418. The lowest BCUT2D eigenvalue weighted by Gasteiger charge is -2.22. The Balaban J connectivity index is 3.21. The monoisotopic (exact) mass is 288 g/mol. The van der Waals surface area contributed by atoms with E-state index in [9.17, 15) is 17.6 Å². The van der Waals surface area contributed by atoms with E-state index < -0.39 is 17.7 Å². The Kier molecular flexibility index (Phi) is 4.31. The first-order valence-electron chi connectivity index (χ1n) is 4.74.